The van der Waals surface area contributed by atoms with Crippen molar-refractivity contribution in [2.75, 3.05) is 6.61 Å². The Balaban J connectivity index is 1.97. The molecule has 2 heterocycles. The molecule has 0 unspecified atom stereocenters. The van der Waals surface area contributed by atoms with Crippen molar-refractivity contribution in [3.05, 3.63) is 0 Å². The predicted octanol–water partition coefficient (Wildman–Crippen LogP) is 1.39. The molecule has 0 radical (unpaired) electrons. The Kier molecular flexibility index (Phi) is 1.37. The first kappa shape index (κ1) is 7.07. The zero-order chi connectivity index (χ0) is 8.13. The Morgan fingerprint density at radius 1 is 1.08 bits per heavy atom. The van der Waals surface area contributed by atoms with Gasteiger partial charge in [-0.25, -0.2) is 0 Å². The van der Waals surface area contributed by atoms with Crippen LogP contribution in [0.25, 0.3) is 0 Å². The molecule has 4 fully saturated rings. The zero-order valence-electron chi connectivity index (χ0n) is 7.16. The van der Waals surface area contributed by atoms with Crippen molar-refractivity contribution in [1.82, 2.24) is 0 Å². The lowest BCUT2D eigenvalue weighted by atomic mass is 9.68. The number of Topliss-reactive ketones (excluding diaryl/α,β-unsaturated/α-hetero) is 1. The summed E-state index contributed by atoms with van der Waals surface area (Å²) in [5.41, 5.74) is 0. The molecule has 0 aromatic carbocycles. The molecule has 0 amide bonds. The summed E-state index contributed by atoms with van der Waals surface area (Å²) in [6.07, 6.45) is 4.61. The molecular formula is C10H14O2. The molecule has 4 rings (SSSR count). The van der Waals surface area contributed by atoms with E-state index in [1.807, 2.05) is 0 Å². The van der Waals surface area contributed by atoms with Gasteiger partial charge in [0.15, 0.2) is 5.78 Å². The van der Waals surface area contributed by atoms with Crippen LogP contribution >= 0.6 is 0 Å². The van der Waals surface area contributed by atoms with Crippen molar-refractivity contribution < 1.29 is 9.53 Å². The molecule has 12 heavy (non-hydrogen) atoms. The number of fused-ring (bicyclic) bond motifs is 1. The minimum absolute atomic E-state index is 0.0127. The topological polar surface area (TPSA) is 26.3 Å². The number of rotatable bonds is 0. The van der Waals surface area contributed by atoms with Crippen LogP contribution in [0.3, 0.4) is 0 Å². The molecule has 4 bridgehead atoms. The largest absolute Gasteiger partial charge is 0.370 e. The first-order chi connectivity index (χ1) is 5.83. The molecule has 0 N–H and O–H groups in total. The van der Waals surface area contributed by atoms with Gasteiger partial charge in [-0.15, -0.1) is 0 Å². The Morgan fingerprint density at radius 2 is 1.92 bits per heavy atom. The monoisotopic (exact) mass is 166 g/mol. The molecule has 2 saturated carbocycles. The van der Waals surface area contributed by atoms with Crippen molar-refractivity contribution in [1.29, 1.82) is 0 Å². The van der Waals surface area contributed by atoms with Crippen molar-refractivity contribution in [2.24, 2.45) is 17.8 Å². The van der Waals surface area contributed by atoms with Gasteiger partial charge in [-0.05, 0) is 37.5 Å². The number of hydrogen-bond donors (Lipinski definition) is 0. The molecule has 2 saturated heterocycles. The molecule has 2 heteroatoms. The Labute approximate surface area is 72.3 Å². The maximum Gasteiger partial charge on any atom is 0.164 e. The van der Waals surface area contributed by atoms with Crippen LogP contribution in [0.1, 0.15) is 25.7 Å². The second-order valence-electron chi connectivity index (χ2n) is 4.60. The van der Waals surface area contributed by atoms with Gasteiger partial charge in [-0.3, -0.25) is 4.79 Å². The lowest BCUT2D eigenvalue weighted by molar-refractivity contribution is -0.137. The number of carbonyl (C=O) groups is 1. The molecule has 0 aromatic rings. The van der Waals surface area contributed by atoms with Crippen LogP contribution in [-0.4, -0.2) is 18.5 Å². The fourth-order valence-corrected chi connectivity index (χ4v) is 3.21. The van der Waals surface area contributed by atoms with E-state index in [4.69, 9.17) is 4.74 Å². The van der Waals surface area contributed by atoms with Crippen LogP contribution < -0.4 is 0 Å². The van der Waals surface area contributed by atoms with Crippen LogP contribution in [0.4, 0.5) is 0 Å². The maximum absolute atomic E-state index is 11.7. The molecule has 0 aromatic heterocycles. The lowest BCUT2D eigenvalue weighted by Crippen LogP contribution is -2.38. The highest BCUT2D eigenvalue weighted by Crippen LogP contribution is 2.44. The Bertz CT molecular complexity index is 214. The minimum Gasteiger partial charge on any atom is -0.370 e. The van der Waals surface area contributed by atoms with Gasteiger partial charge < -0.3 is 4.74 Å². The fourth-order valence-electron chi connectivity index (χ4n) is 3.21. The van der Waals surface area contributed by atoms with Gasteiger partial charge in [0, 0.05) is 5.92 Å². The molecule has 2 aliphatic heterocycles. The van der Waals surface area contributed by atoms with Gasteiger partial charge in [-0.1, -0.05) is 0 Å². The molecule has 2 aliphatic carbocycles. The van der Waals surface area contributed by atoms with E-state index in [-0.39, 0.29) is 6.10 Å². The van der Waals surface area contributed by atoms with E-state index in [0.717, 1.165) is 31.8 Å². The molecule has 66 valence electrons. The highest BCUT2D eigenvalue weighted by Gasteiger charge is 2.45. The van der Waals surface area contributed by atoms with E-state index in [9.17, 15) is 4.79 Å². The standard InChI is InChI=1S/C10H14O2/c11-10-8-2-6-1-7(3-8)5-12-9(10)4-6/h6-9H,1-5H2/t6-,7-,8+,9-/m0/s1. The highest BCUT2D eigenvalue weighted by molar-refractivity contribution is 5.86. The van der Waals surface area contributed by atoms with Gasteiger partial charge in [0.05, 0.1) is 6.61 Å². The summed E-state index contributed by atoms with van der Waals surface area (Å²) in [6.45, 7) is 0.851. The molecule has 2 nitrogen and oxygen atoms in total. The highest BCUT2D eigenvalue weighted by atomic mass is 16.5. The Hall–Kier alpha value is -0.370. The number of carbonyl (C=O) groups excluding carboxylic acids is 1. The van der Waals surface area contributed by atoms with E-state index in [1.165, 1.54) is 6.42 Å². The van der Waals surface area contributed by atoms with E-state index in [0.29, 0.717) is 17.6 Å². The summed E-state index contributed by atoms with van der Waals surface area (Å²) in [7, 11) is 0. The normalized spacial score (nSPS) is 51.2. The van der Waals surface area contributed by atoms with E-state index in [2.05, 4.69) is 0 Å². The SMILES string of the molecule is O=C1[C@H]2C[C@H]3CO[C@H]1C[C@@H](C3)C2. The smallest absolute Gasteiger partial charge is 0.164 e. The van der Waals surface area contributed by atoms with Crippen LogP contribution in [0, 0.1) is 17.8 Å². The van der Waals surface area contributed by atoms with Crippen LogP contribution in [0.15, 0.2) is 0 Å². The molecular weight excluding hydrogens is 152 g/mol. The van der Waals surface area contributed by atoms with Crippen molar-refractivity contribution in [3.8, 4) is 0 Å². The quantitative estimate of drug-likeness (QED) is 0.543. The fraction of sp³-hybridized carbons (Fsp3) is 0.900. The van der Waals surface area contributed by atoms with Gasteiger partial charge >= 0.3 is 0 Å². The average Bonchev–Trinajstić information content (AvgIpc) is 2.27. The summed E-state index contributed by atoms with van der Waals surface area (Å²) < 4.78 is 5.59. The summed E-state index contributed by atoms with van der Waals surface area (Å²) in [5, 5.41) is 0. The van der Waals surface area contributed by atoms with Gasteiger partial charge in [0.2, 0.25) is 0 Å². The molecule has 4 aliphatic rings. The average molecular weight is 166 g/mol. The van der Waals surface area contributed by atoms with Crippen molar-refractivity contribution >= 4 is 5.78 Å². The summed E-state index contributed by atoms with van der Waals surface area (Å²) >= 11 is 0. The maximum atomic E-state index is 11.7. The predicted molar refractivity (Wildman–Crippen MR) is 43.7 cm³/mol. The second kappa shape index (κ2) is 2.32. The van der Waals surface area contributed by atoms with Gasteiger partial charge in [-0.2, -0.15) is 0 Å². The van der Waals surface area contributed by atoms with Crippen molar-refractivity contribution in [3.63, 3.8) is 0 Å². The van der Waals surface area contributed by atoms with Crippen LogP contribution in [-0.2, 0) is 9.53 Å². The van der Waals surface area contributed by atoms with Crippen molar-refractivity contribution in [2.45, 2.75) is 31.8 Å². The number of hydrogen-bond acceptors (Lipinski definition) is 2. The van der Waals surface area contributed by atoms with Crippen LogP contribution in [0.5, 0.6) is 0 Å². The zero-order valence-corrected chi connectivity index (χ0v) is 7.16. The number of ketones is 1. The molecule has 0 spiro atoms. The lowest BCUT2D eigenvalue weighted by Gasteiger charge is -2.35. The third-order valence-electron chi connectivity index (χ3n) is 3.70. The first-order valence-electron chi connectivity index (χ1n) is 4.98. The van der Waals surface area contributed by atoms with E-state index < -0.39 is 0 Å². The van der Waals surface area contributed by atoms with Crippen LogP contribution in [0.2, 0.25) is 0 Å². The van der Waals surface area contributed by atoms with E-state index >= 15 is 0 Å². The second-order valence-corrected chi connectivity index (χ2v) is 4.60. The minimum atomic E-state index is -0.0127. The molecule has 4 atom stereocenters. The summed E-state index contributed by atoms with van der Waals surface area (Å²) in [4.78, 5) is 11.7. The van der Waals surface area contributed by atoms with Gasteiger partial charge in [0.1, 0.15) is 6.10 Å². The third-order valence-corrected chi connectivity index (χ3v) is 3.70. The summed E-state index contributed by atoms with van der Waals surface area (Å²) in [6, 6.07) is 0. The first-order valence-corrected chi connectivity index (χ1v) is 4.98. The summed E-state index contributed by atoms with van der Waals surface area (Å²) in [5.74, 6) is 2.28. The number of ether oxygens (including phenoxy) is 1. The van der Waals surface area contributed by atoms with E-state index in [1.54, 1.807) is 0 Å². The Morgan fingerprint density at radius 3 is 2.83 bits per heavy atom. The van der Waals surface area contributed by atoms with Gasteiger partial charge in [0.25, 0.3) is 0 Å². The third kappa shape index (κ3) is 0.875.